The molecule has 0 aromatic heterocycles. The van der Waals surface area contributed by atoms with Crippen LogP contribution in [0.5, 0.6) is 11.5 Å². The molecule has 0 spiro atoms. The van der Waals surface area contributed by atoms with Gasteiger partial charge in [0.2, 0.25) is 0 Å². The van der Waals surface area contributed by atoms with Crippen LogP contribution in [0.4, 0.5) is 0 Å². The van der Waals surface area contributed by atoms with Gasteiger partial charge in [-0.2, -0.15) is 0 Å². The van der Waals surface area contributed by atoms with Gasteiger partial charge in [0.25, 0.3) is 0 Å². The Kier molecular flexibility index (Phi) is 5.31. The van der Waals surface area contributed by atoms with Crippen molar-refractivity contribution in [2.45, 2.75) is 44.6 Å². The molecule has 2 aromatic carbocycles. The molecule has 0 bridgehead atoms. The number of hydrogen-bond donors (Lipinski definition) is 1. The summed E-state index contributed by atoms with van der Waals surface area (Å²) >= 11 is 0. The Morgan fingerprint density at radius 2 is 2.00 bits per heavy atom. The zero-order valence-corrected chi connectivity index (χ0v) is 16.8. The third-order valence-electron chi connectivity index (χ3n) is 6.21. The molecule has 1 N–H and O–H groups in total. The number of esters is 1. The maximum atomic E-state index is 12.2. The molecule has 5 heteroatoms. The number of aldehydes is 1. The Morgan fingerprint density at radius 1 is 1.21 bits per heavy atom. The zero-order chi connectivity index (χ0) is 20.5. The van der Waals surface area contributed by atoms with E-state index in [0.717, 1.165) is 48.1 Å². The van der Waals surface area contributed by atoms with Crippen LogP contribution in [-0.2, 0) is 16.0 Å². The summed E-state index contributed by atoms with van der Waals surface area (Å²) in [5.74, 6) is 1.08. The lowest BCUT2D eigenvalue weighted by atomic mass is 9.82. The first-order chi connectivity index (χ1) is 14.0. The van der Waals surface area contributed by atoms with Crippen molar-refractivity contribution in [3.8, 4) is 11.5 Å². The van der Waals surface area contributed by atoms with Gasteiger partial charge in [-0.15, -0.1) is 0 Å². The Bertz CT molecular complexity index is 931. The van der Waals surface area contributed by atoms with E-state index < -0.39 is 0 Å². The summed E-state index contributed by atoms with van der Waals surface area (Å²) in [6.07, 6.45) is 4.43. The summed E-state index contributed by atoms with van der Waals surface area (Å²) < 4.78 is 11.3. The minimum absolute atomic E-state index is 0.0219. The molecule has 0 saturated heterocycles. The van der Waals surface area contributed by atoms with Gasteiger partial charge in [-0.05, 0) is 72.4 Å². The molecule has 1 heterocycles. The van der Waals surface area contributed by atoms with Crippen LogP contribution < -0.4 is 4.74 Å². The van der Waals surface area contributed by atoms with Crippen molar-refractivity contribution in [3.63, 3.8) is 0 Å². The molecule has 152 valence electrons. The SMILES string of the molecule is COC(=O)[C@@H](C)[C@H](c1ccc2c(c1)O[C@H](c1ccc(O)c(C=O)c1)CC2)C1CC1. The van der Waals surface area contributed by atoms with Gasteiger partial charge < -0.3 is 14.6 Å². The number of phenolic OH excluding ortho intramolecular Hbond substituents is 1. The monoisotopic (exact) mass is 394 g/mol. The van der Waals surface area contributed by atoms with Crippen LogP contribution in [0.15, 0.2) is 36.4 Å². The van der Waals surface area contributed by atoms with Crippen LogP contribution in [-0.4, -0.2) is 24.5 Å². The largest absolute Gasteiger partial charge is 0.507 e. The Labute approximate surface area is 170 Å². The third kappa shape index (κ3) is 3.86. The third-order valence-corrected chi connectivity index (χ3v) is 6.21. The van der Waals surface area contributed by atoms with Gasteiger partial charge >= 0.3 is 5.97 Å². The number of carbonyl (C=O) groups is 2. The number of fused-ring (bicyclic) bond motifs is 1. The van der Waals surface area contributed by atoms with Crippen LogP contribution in [0.25, 0.3) is 0 Å². The van der Waals surface area contributed by atoms with Crippen LogP contribution >= 0.6 is 0 Å². The molecular formula is C24H26O5. The van der Waals surface area contributed by atoms with Crippen molar-refractivity contribution in [2.24, 2.45) is 11.8 Å². The molecule has 0 amide bonds. The van der Waals surface area contributed by atoms with Gasteiger partial charge in [0.15, 0.2) is 6.29 Å². The van der Waals surface area contributed by atoms with Crippen molar-refractivity contribution in [1.82, 2.24) is 0 Å². The first kappa shape index (κ1) is 19.5. The molecule has 2 aliphatic rings. The fourth-order valence-electron chi connectivity index (χ4n) is 4.45. The quantitative estimate of drug-likeness (QED) is 0.574. The first-order valence-corrected chi connectivity index (χ1v) is 10.2. The van der Waals surface area contributed by atoms with E-state index >= 15 is 0 Å². The van der Waals surface area contributed by atoms with Gasteiger partial charge in [0.05, 0.1) is 18.6 Å². The Balaban J connectivity index is 1.61. The lowest BCUT2D eigenvalue weighted by molar-refractivity contribution is -0.145. The topological polar surface area (TPSA) is 72.8 Å². The molecule has 1 aliphatic carbocycles. The molecule has 0 unspecified atom stereocenters. The van der Waals surface area contributed by atoms with Crippen molar-refractivity contribution < 1.29 is 24.2 Å². The van der Waals surface area contributed by atoms with E-state index in [0.29, 0.717) is 12.2 Å². The number of phenols is 1. The number of methoxy groups -OCH3 is 1. The lowest BCUT2D eigenvalue weighted by Gasteiger charge is -2.29. The van der Waals surface area contributed by atoms with E-state index in [1.807, 2.05) is 6.92 Å². The van der Waals surface area contributed by atoms with E-state index in [4.69, 9.17) is 9.47 Å². The zero-order valence-electron chi connectivity index (χ0n) is 16.8. The molecular weight excluding hydrogens is 368 g/mol. The number of ether oxygens (including phenoxy) is 2. The second-order valence-electron chi connectivity index (χ2n) is 8.12. The second-order valence-corrected chi connectivity index (χ2v) is 8.12. The van der Waals surface area contributed by atoms with E-state index in [1.54, 1.807) is 12.1 Å². The first-order valence-electron chi connectivity index (χ1n) is 10.2. The van der Waals surface area contributed by atoms with Gasteiger partial charge in [-0.3, -0.25) is 9.59 Å². The molecule has 2 aromatic rings. The maximum Gasteiger partial charge on any atom is 0.309 e. The average Bonchev–Trinajstić information content (AvgIpc) is 3.58. The number of aromatic hydroxyl groups is 1. The normalized spacial score (nSPS) is 20.1. The fraction of sp³-hybridized carbons (Fsp3) is 0.417. The summed E-state index contributed by atoms with van der Waals surface area (Å²) in [5.41, 5.74) is 3.41. The number of rotatable bonds is 6. The lowest BCUT2D eigenvalue weighted by Crippen LogP contribution is -2.23. The fourth-order valence-corrected chi connectivity index (χ4v) is 4.45. The summed E-state index contributed by atoms with van der Waals surface area (Å²) in [5, 5.41) is 9.75. The summed E-state index contributed by atoms with van der Waals surface area (Å²) in [4.78, 5) is 23.3. The molecule has 4 rings (SSSR count). The average molecular weight is 394 g/mol. The van der Waals surface area contributed by atoms with Crippen molar-refractivity contribution >= 4 is 12.3 Å². The highest BCUT2D eigenvalue weighted by atomic mass is 16.5. The van der Waals surface area contributed by atoms with Crippen LogP contribution in [0.3, 0.4) is 0 Å². The predicted molar refractivity (Wildman–Crippen MR) is 108 cm³/mol. The molecule has 5 nitrogen and oxygen atoms in total. The van der Waals surface area contributed by atoms with Gasteiger partial charge in [0.1, 0.15) is 17.6 Å². The Morgan fingerprint density at radius 3 is 2.69 bits per heavy atom. The van der Waals surface area contributed by atoms with Gasteiger partial charge in [-0.1, -0.05) is 25.1 Å². The molecule has 1 saturated carbocycles. The summed E-state index contributed by atoms with van der Waals surface area (Å²) in [6, 6.07) is 11.3. The molecule has 29 heavy (non-hydrogen) atoms. The molecule has 1 fully saturated rings. The second kappa shape index (κ2) is 7.90. The number of hydrogen-bond acceptors (Lipinski definition) is 5. The molecule has 1 aliphatic heterocycles. The van der Waals surface area contributed by atoms with Gasteiger partial charge in [0, 0.05) is 0 Å². The van der Waals surface area contributed by atoms with Crippen molar-refractivity contribution in [3.05, 3.63) is 58.7 Å². The summed E-state index contributed by atoms with van der Waals surface area (Å²) in [6.45, 7) is 1.94. The minimum Gasteiger partial charge on any atom is -0.507 e. The molecule has 0 radical (unpaired) electrons. The van der Waals surface area contributed by atoms with Crippen molar-refractivity contribution in [1.29, 1.82) is 0 Å². The highest BCUT2D eigenvalue weighted by molar-refractivity contribution is 5.79. The summed E-state index contributed by atoms with van der Waals surface area (Å²) in [7, 11) is 1.44. The number of aryl methyl sites for hydroxylation is 1. The standard InChI is InChI=1S/C24H26O5/c1-14(24(27)28-2)23(16-4-5-16)18-6-3-15-8-10-21(29-22(15)12-18)17-7-9-20(26)19(11-17)13-25/h3,6-7,9,11-14,16,21,23,26H,4-5,8,10H2,1-2H3/t14-,21-,23-/m0/s1. The van der Waals surface area contributed by atoms with E-state index in [9.17, 15) is 14.7 Å². The van der Waals surface area contributed by atoms with Crippen LogP contribution in [0, 0.1) is 11.8 Å². The smallest absolute Gasteiger partial charge is 0.309 e. The highest BCUT2D eigenvalue weighted by Crippen LogP contribution is 2.48. The van der Waals surface area contributed by atoms with Gasteiger partial charge in [-0.25, -0.2) is 0 Å². The van der Waals surface area contributed by atoms with Crippen LogP contribution in [0.1, 0.15) is 65.3 Å². The Hall–Kier alpha value is -2.82. The van der Waals surface area contributed by atoms with Crippen LogP contribution in [0.2, 0.25) is 0 Å². The number of benzene rings is 2. The predicted octanol–water partition coefficient (Wildman–Crippen LogP) is 4.57. The van der Waals surface area contributed by atoms with E-state index in [1.165, 1.54) is 13.2 Å². The highest BCUT2D eigenvalue weighted by Gasteiger charge is 2.39. The minimum atomic E-state index is -0.197. The van der Waals surface area contributed by atoms with E-state index in [-0.39, 0.29) is 35.2 Å². The molecule has 3 atom stereocenters. The van der Waals surface area contributed by atoms with E-state index in [2.05, 4.69) is 18.2 Å². The number of carbonyl (C=O) groups excluding carboxylic acids is 2. The maximum absolute atomic E-state index is 12.2. The van der Waals surface area contributed by atoms with Crippen molar-refractivity contribution in [2.75, 3.05) is 7.11 Å².